The Labute approximate surface area is 134 Å². The second-order valence-electron chi connectivity index (χ2n) is 7.02. The first-order chi connectivity index (χ1) is 8.55. The average molecular weight is 398 g/mol. The summed E-state index contributed by atoms with van der Waals surface area (Å²) in [7, 11) is -1.79. The van der Waals surface area contributed by atoms with Crippen LogP contribution in [0.4, 0.5) is 0 Å². The van der Waals surface area contributed by atoms with Crippen LogP contribution in [0, 0.1) is 11.8 Å². The molecule has 0 saturated heterocycles. The molecule has 0 aliphatic heterocycles. The Balaban J connectivity index is 4.93. The van der Waals surface area contributed by atoms with Gasteiger partial charge < -0.3 is 9.53 Å². The van der Waals surface area contributed by atoms with Gasteiger partial charge in [-0.2, -0.15) is 0 Å². The number of hydrogen-bond donors (Lipinski definition) is 1. The lowest BCUT2D eigenvalue weighted by Gasteiger charge is -2.40. The summed E-state index contributed by atoms with van der Waals surface area (Å²) in [5.74, 6) is 0.698. The fraction of sp³-hybridized carbons (Fsp3) is 0.867. The smallest absolute Gasteiger partial charge is 0.192 e. The molecule has 0 fully saturated rings. The van der Waals surface area contributed by atoms with Gasteiger partial charge in [-0.1, -0.05) is 69.4 Å². The van der Waals surface area contributed by atoms with Gasteiger partial charge >= 0.3 is 0 Å². The summed E-state index contributed by atoms with van der Waals surface area (Å²) in [5, 5.41) is 9.62. The van der Waals surface area contributed by atoms with E-state index < -0.39 is 8.32 Å². The minimum atomic E-state index is -1.79. The van der Waals surface area contributed by atoms with Crippen molar-refractivity contribution in [3.05, 3.63) is 12.2 Å². The van der Waals surface area contributed by atoms with Gasteiger partial charge in [-0.3, -0.25) is 0 Å². The molecule has 3 atom stereocenters. The van der Waals surface area contributed by atoms with Crippen molar-refractivity contribution in [3.63, 3.8) is 0 Å². The van der Waals surface area contributed by atoms with Crippen molar-refractivity contribution in [3.8, 4) is 0 Å². The topological polar surface area (TPSA) is 29.5 Å². The molecule has 0 unspecified atom stereocenters. The third-order valence-corrected chi connectivity index (χ3v) is 9.82. The van der Waals surface area contributed by atoms with Crippen molar-refractivity contribution < 1.29 is 9.53 Å². The van der Waals surface area contributed by atoms with Crippen LogP contribution in [0.5, 0.6) is 0 Å². The zero-order chi connectivity index (χ0) is 15.3. The molecule has 0 aromatic rings. The SMILES string of the molecule is C[C@H](/C=C\[C@H](O[Si](C)(C)C(C)(C)C)[C@@H](C)CO)CI. The Bertz CT molecular complexity index is 284. The molecule has 0 aliphatic rings. The average Bonchev–Trinajstić information content (AvgIpc) is 2.31. The zero-order valence-electron chi connectivity index (χ0n) is 13.5. The first-order valence-electron chi connectivity index (χ1n) is 7.08. The Morgan fingerprint density at radius 3 is 2.11 bits per heavy atom. The van der Waals surface area contributed by atoms with Crippen molar-refractivity contribution in [1.29, 1.82) is 0 Å². The maximum Gasteiger partial charge on any atom is 0.192 e. The van der Waals surface area contributed by atoms with Crippen LogP contribution in [0.1, 0.15) is 34.6 Å². The molecule has 0 spiro atoms. The maximum absolute atomic E-state index is 9.43. The lowest BCUT2D eigenvalue weighted by atomic mass is 10.0. The molecule has 114 valence electrons. The molecule has 0 aromatic carbocycles. The normalized spacial score (nSPS) is 18.6. The monoisotopic (exact) mass is 398 g/mol. The summed E-state index contributed by atoms with van der Waals surface area (Å²) in [5.41, 5.74) is 0. The van der Waals surface area contributed by atoms with E-state index >= 15 is 0 Å². The van der Waals surface area contributed by atoms with Crippen LogP contribution in [0.3, 0.4) is 0 Å². The van der Waals surface area contributed by atoms with Crippen LogP contribution < -0.4 is 0 Å². The van der Waals surface area contributed by atoms with E-state index in [1.165, 1.54) is 0 Å². The number of aliphatic hydroxyl groups excluding tert-OH is 1. The molecule has 0 aromatic heterocycles. The third-order valence-electron chi connectivity index (χ3n) is 3.96. The fourth-order valence-corrected chi connectivity index (χ4v) is 2.96. The van der Waals surface area contributed by atoms with Crippen molar-refractivity contribution in [2.45, 2.75) is 58.9 Å². The number of aliphatic hydroxyl groups is 1. The van der Waals surface area contributed by atoms with Gasteiger partial charge in [0.25, 0.3) is 0 Å². The van der Waals surface area contributed by atoms with Crippen molar-refractivity contribution in [1.82, 2.24) is 0 Å². The lowest BCUT2D eigenvalue weighted by Crippen LogP contribution is -2.45. The summed E-state index contributed by atoms with van der Waals surface area (Å²) in [6, 6.07) is 0. The van der Waals surface area contributed by atoms with Gasteiger partial charge in [0.2, 0.25) is 0 Å². The minimum absolute atomic E-state index is 0.0243. The highest BCUT2D eigenvalue weighted by Crippen LogP contribution is 2.38. The molecular weight excluding hydrogens is 367 g/mol. The summed E-state index contributed by atoms with van der Waals surface area (Å²) < 4.78 is 7.55. The Morgan fingerprint density at radius 1 is 1.21 bits per heavy atom. The maximum atomic E-state index is 9.43. The van der Waals surface area contributed by atoms with Gasteiger partial charge in [0, 0.05) is 17.0 Å². The highest BCUT2D eigenvalue weighted by Gasteiger charge is 2.39. The van der Waals surface area contributed by atoms with Gasteiger partial charge in [-0.15, -0.1) is 0 Å². The number of allylic oxidation sites excluding steroid dienone is 1. The molecule has 1 N–H and O–H groups in total. The quantitative estimate of drug-likeness (QED) is 0.293. The van der Waals surface area contributed by atoms with Crippen LogP contribution in [0.2, 0.25) is 18.1 Å². The highest BCUT2D eigenvalue weighted by molar-refractivity contribution is 14.1. The van der Waals surface area contributed by atoms with Crippen LogP contribution in [0.25, 0.3) is 0 Å². The van der Waals surface area contributed by atoms with Crippen LogP contribution >= 0.6 is 22.6 Å². The van der Waals surface area contributed by atoms with E-state index in [1.807, 2.05) is 0 Å². The van der Waals surface area contributed by atoms with Gasteiger partial charge in [-0.25, -0.2) is 0 Å². The number of hydrogen-bond acceptors (Lipinski definition) is 2. The third kappa shape index (κ3) is 6.73. The van der Waals surface area contributed by atoms with Gasteiger partial charge in [0.1, 0.15) is 0 Å². The van der Waals surface area contributed by atoms with E-state index in [-0.39, 0.29) is 23.7 Å². The zero-order valence-corrected chi connectivity index (χ0v) is 16.7. The molecule has 0 rings (SSSR count). The molecule has 0 bridgehead atoms. The molecule has 0 heterocycles. The molecule has 4 heteroatoms. The van der Waals surface area contributed by atoms with Gasteiger partial charge in [0.15, 0.2) is 8.32 Å². The Morgan fingerprint density at radius 2 is 1.74 bits per heavy atom. The second kappa shape index (κ2) is 8.15. The van der Waals surface area contributed by atoms with E-state index in [4.69, 9.17) is 4.43 Å². The predicted octanol–water partition coefficient (Wildman–Crippen LogP) is 4.63. The summed E-state index contributed by atoms with van der Waals surface area (Å²) >= 11 is 2.40. The van der Waals surface area contributed by atoms with Gasteiger partial charge in [0.05, 0.1) is 6.10 Å². The fourth-order valence-electron chi connectivity index (χ4n) is 1.32. The molecule has 0 saturated carbocycles. The van der Waals surface area contributed by atoms with Gasteiger partial charge in [-0.05, 0) is 24.1 Å². The molecule has 2 nitrogen and oxygen atoms in total. The van der Waals surface area contributed by atoms with Crippen LogP contribution in [-0.4, -0.2) is 30.6 Å². The summed E-state index contributed by atoms with van der Waals surface area (Å²) in [6.07, 6.45) is 4.40. The number of alkyl halides is 1. The molecule has 0 radical (unpaired) electrons. The molecular formula is C15H31IO2Si. The molecule has 0 aliphatic carbocycles. The van der Waals surface area contributed by atoms with Crippen molar-refractivity contribution in [2.24, 2.45) is 11.8 Å². The van der Waals surface area contributed by atoms with E-state index in [0.717, 1.165) is 4.43 Å². The first kappa shape index (κ1) is 19.6. The van der Waals surface area contributed by atoms with Crippen LogP contribution in [-0.2, 0) is 4.43 Å². The lowest BCUT2D eigenvalue weighted by molar-refractivity contribution is 0.117. The van der Waals surface area contributed by atoms with E-state index in [0.29, 0.717) is 5.92 Å². The van der Waals surface area contributed by atoms with E-state index in [2.05, 4.69) is 82.5 Å². The van der Waals surface area contributed by atoms with Crippen molar-refractivity contribution >= 4 is 30.9 Å². The first-order valence-corrected chi connectivity index (χ1v) is 11.5. The standard InChI is InChI=1S/C15H31IO2Si/c1-12(10-16)8-9-14(13(2)11-17)18-19(6,7)15(3,4)5/h8-9,12-14,17H,10-11H2,1-7H3/b9-8-/t12-,13+,14+/m1/s1. The molecule has 19 heavy (non-hydrogen) atoms. The van der Waals surface area contributed by atoms with E-state index in [1.54, 1.807) is 0 Å². The van der Waals surface area contributed by atoms with Crippen molar-refractivity contribution in [2.75, 3.05) is 11.0 Å². The Hall–Kier alpha value is 0.607. The number of halogens is 1. The second-order valence-corrected chi connectivity index (χ2v) is 12.7. The summed E-state index contributed by atoms with van der Waals surface area (Å²) in [4.78, 5) is 0. The predicted molar refractivity (Wildman–Crippen MR) is 95.5 cm³/mol. The minimum Gasteiger partial charge on any atom is -0.410 e. The summed E-state index contributed by atoms with van der Waals surface area (Å²) in [6.45, 7) is 15.7. The highest BCUT2D eigenvalue weighted by atomic mass is 127. The Kier molecular flexibility index (Phi) is 8.41. The molecule has 0 amide bonds. The van der Waals surface area contributed by atoms with E-state index in [9.17, 15) is 5.11 Å². The number of rotatable bonds is 7. The largest absolute Gasteiger partial charge is 0.410 e. The van der Waals surface area contributed by atoms with Crippen LogP contribution in [0.15, 0.2) is 12.2 Å².